The van der Waals surface area contributed by atoms with Crippen molar-refractivity contribution in [3.8, 4) is 5.69 Å². The van der Waals surface area contributed by atoms with E-state index >= 15 is 4.39 Å². The van der Waals surface area contributed by atoms with Gasteiger partial charge in [0.1, 0.15) is 18.0 Å². The molecule has 0 aliphatic carbocycles. The van der Waals surface area contributed by atoms with Crippen LogP contribution >= 0.6 is 11.6 Å². The van der Waals surface area contributed by atoms with Gasteiger partial charge >= 0.3 is 5.97 Å². The number of aromatic nitrogens is 4. The lowest BCUT2D eigenvalue weighted by Gasteiger charge is -2.38. The maximum Gasteiger partial charge on any atom is 0.338 e. The SMILES string of the molecule is CN(C)[C@H]1CCN(c2cccc3c2CCN(C(=O)/C=C/c2c(-n4cnnn4)ccc(Cl)c2F)[C@@H]3C(=O)Nc2ccc(C(=O)OC(C)(C)C)cc2)C1. The number of esters is 1. The molecule has 12 nitrogen and oxygen atoms in total. The van der Waals surface area contributed by atoms with Crippen LogP contribution in [0.1, 0.15) is 60.3 Å². The number of amides is 2. The number of nitrogens with one attached hydrogen (secondary N) is 1. The summed E-state index contributed by atoms with van der Waals surface area (Å²) in [5, 5.41) is 13.9. The molecule has 1 N–H and O–H groups in total. The Morgan fingerprint density at radius 3 is 2.47 bits per heavy atom. The van der Waals surface area contributed by atoms with E-state index in [-0.39, 0.29) is 22.8 Å². The third-order valence-electron chi connectivity index (χ3n) is 9.05. The number of halogens is 2. The summed E-state index contributed by atoms with van der Waals surface area (Å²) in [6.45, 7) is 7.34. The molecule has 51 heavy (non-hydrogen) atoms. The molecule has 2 amide bonds. The van der Waals surface area contributed by atoms with E-state index in [9.17, 15) is 14.4 Å². The molecule has 0 saturated carbocycles. The van der Waals surface area contributed by atoms with Crippen LogP contribution in [-0.4, -0.2) is 93.2 Å². The van der Waals surface area contributed by atoms with E-state index in [1.807, 2.05) is 12.1 Å². The first-order valence-corrected chi connectivity index (χ1v) is 17.1. The highest BCUT2D eigenvalue weighted by atomic mass is 35.5. The summed E-state index contributed by atoms with van der Waals surface area (Å²) in [4.78, 5) is 46.9. The number of hydrogen-bond acceptors (Lipinski definition) is 9. The van der Waals surface area contributed by atoms with Crippen LogP contribution in [0, 0.1) is 5.82 Å². The first-order chi connectivity index (χ1) is 24.3. The van der Waals surface area contributed by atoms with Gasteiger partial charge < -0.3 is 24.8 Å². The Morgan fingerprint density at radius 2 is 1.80 bits per heavy atom. The summed E-state index contributed by atoms with van der Waals surface area (Å²) >= 11 is 6.11. The summed E-state index contributed by atoms with van der Waals surface area (Å²) in [5.74, 6) is -2.15. The molecule has 1 fully saturated rings. The Morgan fingerprint density at radius 1 is 1.04 bits per heavy atom. The van der Waals surface area contributed by atoms with Crippen molar-refractivity contribution in [3.05, 3.63) is 100 Å². The van der Waals surface area contributed by atoms with Gasteiger partial charge in [-0.05, 0) is 118 Å². The molecule has 2 aliphatic rings. The quantitative estimate of drug-likeness (QED) is 0.191. The van der Waals surface area contributed by atoms with Crippen LogP contribution in [0.4, 0.5) is 15.8 Å². The number of anilines is 2. The molecule has 1 aromatic heterocycles. The lowest BCUT2D eigenvalue weighted by atomic mass is 9.90. The van der Waals surface area contributed by atoms with Gasteiger partial charge in [-0.15, -0.1) is 5.10 Å². The van der Waals surface area contributed by atoms with Crippen molar-refractivity contribution >= 4 is 46.8 Å². The molecule has 14 heteroatoms. The van der Waals surface area contributed by atoms with Crippen molar-refractivity contribution in [3.63, 3.8) is 0 Å². The van der Waals surface area contributed by atoms with E-state index in [1.165, 1.54) is 34.1 Å². The number of carbonyl (C=O) groups excluding carboxylic acids is 3. The standard InChI is InChI=1S/C37H40ClFN8O4/c1-37(2,3)51-36(50)23-9-11-24(12-10-23)41-35(49)34-27-7-6-8-30(45-19-17-25(21-45)44(4)5)26(27)18-20-46(34)32(48)16-13-28-31(47-22-40-42-43-47)15-14-29(38)33(28)39/h6-16,22,25,34H,17-21H2,1-5H3,(H,41,49)/b16-13+/t25-,34-/m0/s1. The fourth-order valence-corrected chi connectivity index (χ4v) is 6.69. The molecule has 3 aromatic carbocycles. The van der Waals surface area contributed by atoms with E-state index in [4.69, 9.17) is 16.3 Å². The van der Waals surface area contributed by atoms with Crippen molar-refractivity contribution in [1.82, 2.24) is 30.0 Å². The number of likely N-dealkylation sites (N-methyl/N-ethyl adjacent to an activating group) is 1. The minimum absolute atomic E-state index is 0.0124. The lowest BCUT2D eigenvalue weighted by Crippen LogP contribution is -2.45. The van der Waals surface area contributed by atoms with Crippen LogP contribution in [0.5, 0.6) is 0 Å². The Kier molecular flexibility index (Phi) is 10.2. The zero-order chi connectivity index (χ0) is 36.4. The number of nitrogens with zero attached hydrogens (tertiary/aromatic N) is 7. The number of ether oxygens (including phenoxy) is 1. The van der Waals surface area contributed by atoms with Gasteiger partial charge in [-0.3, -0.25) is 9.59 Å². The highest BCUT2D eigenvalue weighted by Gasteiger charge is 2.38. The number of benzene rings is 3. The molecule has 0 radical (unpaired) electrons. The van der Waals surface area contributed by atoms with Crippen LogP contribution in [-0.2, 0) is 20.7 Å². The number of hydrogen-bond donors (Lipinski definition) is 1. The zero-order valence-corrected chi connectivity index (χ0v) is 29.9. The van der Waals surface area contributed by atoms with Gasteiger partial charge in [-0.2, -0.15) is 4.68 Å². The number of fused-ring (bicyclic) bond motifs is 1. The molecule has 0 spiro atoms. The zero-order valence-electron chi connectivity index (χ0n) is 29.1. The van der Waals surface area contributed by atoms with E-state index in [1.54, 1.807) is 51.1 Å². The minimum atomic E-state index is -1.01. The topological polar surface area (TPSA) is 126 Å². The Labute approximate surface area is 300 Å². The summed E-state index contributed by atoms with van der Waals surface area (Å²) in [6, 6.07) is 14.6. The third kappa shape index (κ3) is 7.79. The summed E-state index contributed by atoms with van der Waals surface area (Å²) in [7, 11) is 4.15. The summed E-state index contributed by atoms with van der Waals surface area (Å²) in [6.07, 6.45) is 5.40. The molecular formula is C37H40ClFN8O4. The van der Waals surface area contributed by atoms with E-state index in [0.29, 0.717) is 29.3 Å². The fourth-order valence-electron chi connectivity index (χ4n) is 6.52. The van der Waals surface area contributed by atoms with Gasteiger partial charge in [0.25, 0.3) is 5.91 Å². The number of carbonyl (C=O) groups is 3. The normalized spacial score (nSPS) is 17.6. The molecule has 0 bridgehead atoms. The number of rotatable bonds is 8. The second-order valence-corrected chi connectivity index (χ2v) is 14.2. The molecular weight excluding hydrogens is 675 g/mol. The largest absolute Gasteiger partial charge is 0.456 e. The Balaban J connectivity index is 1.33. The summed E-state index contributed by atoms with van der Waals surface area (Å²) in [5.41, 5.74) is 3.19. The Hall–Kier alpha value is -5.14. The van der Waals surface area contributed by atoms with E-state index in [2.05, 4.69) is 50.8 Å². The highest BCUT2D eigenvalue weighted by Crippen LogP contribution is 2.38. The monoisotopic (exact) mass is 714 g/mol. The average Bonchev–Trinajstić information content (AvgIpc) is 3.81. The van der Waals surface area contributed by atoms with Crippen molar-refractivity contribution in [1.29, 1.82) is 0 Å². The molecule has 6 rings (SSSR count). The molecule has 4 aromatic rings. The van der Waals surface area contributed by atoms with Crippen molar-refractivity contribution < 1.29 is 23.5 Å². The van der Waals surface area contributed by atoms with Crippen LogP contribution in [0.15, 0.2) is 67.0 Å². The lowest BCUT2D eigenvalue weighted by molar-refractivity contribution is -0.135. The van der Waals surface area contributed by atoms with Gasteiger partial charge in [0, 0.05) is 48.7 Å². The maximum absolute atomic E-state index is 15.3. The van der Waals surface area contributed by atoms with Gasteiger partial charge in [0.15, 0.2) is 5.82 Å². The summed E-state index contributed by atoms with van der Waals surface area (Å²) < 4.78 is 22.1. The Bertz CT molecular complexity index is 1960. The number of tetrazole rings is 1. The third-order valence-corrected chi connectivity index (χ3v) is 9.34. The van der Waals surface area contributed by atoms with Crippen LogP contribution in [0.25, 0.3) is 11.8 Å². The molecule has 3 heterocycles. The first-order valence-electron chi connectivity index (χ1n) is 16.7. The van der Waals surface area contributed by atoms with Gasteiger partial charge in [0.2, 0.25) is 5.91 Å². The molecule has 2 atom stereocenters. The molecule has 266 valence electrons. The average molecular weight is 715 g/mol. The predicted octanol–water partition coefficient (Wildman–Crippen LogP) is 5.33. The van der Waals surface area contributed by atoms with Gasteiger partial charge in [0.05, 0.1) is 16.3 Å². The second-order valence-electron chi connectivity index (χ2n) is 13.8. The second kappa shape index (κ2) is 14.6. The van der Waals surface area contributed by atoms with Crippen molar-refractivity contribution in [2.45, 2.75) is 51.3 Å². The van der Waals surface area contributed by atoms with Crippen molar-refractivity contribution in [2.75, 3.05) is 43.9 Å². The van der Waals surface area contributed by atoms with Crippen LogP contribution in [0.3, 0.4) is 0 Å². The predicted molar refractivity (Wildman–Crippen MR) is 192 cm³/mol. The maximum atomic E-state index is 15.3. The van der Waals surface area contributed by atoms with Gasteiger partial charge in [-0.1, -0.05) is 23.7 Å². The van der Waals surface area contributed by atoms with E-state index < -0.39 is 35.2 Å². The van der Waals surface area contributed by atoms with Crippen molar-refractivity contribution in [2.24, 2.45) is 0 Å². The molecule has 1 saturated heterocycles. The smallest absolute Gasteiger partial charge is 0.338 e. The highest BCUT2D eigenvalue weighted by molar-refractivity contribution is 6.31. The fraction of sp³-hybridized carbons (Fsp3) is 0.351. The van der Waals surface area contributed by atoms with Gasteiger partial charge in [-0.25, -0.2) is 9.18 Å². The van der Waals surface area contributed by atoms with E-state index in [0.717, 1.165) is 30.8 Å². The minimum Gasteiger partial charge on any atom is -0.456 e. The molecule has 0 unspecified atom stereocenters. The molecule has 2 aliphatic heterocycles. The first kappa shape index (κ1) is 35.7. The van der Waals surface area contributed by atoms with Crippen LogP contribution in [0.2, 0.25) is 5.02 Å². The van der Waals surface area contributed by atoms with Crippen LogP contribution < -0.4 is 10.2 Å².